The summed E-state index contributed by atoms with van der Waals surface area (Å²) >= 11 is 12.4. The van der Waals surface area contributed by atoms with E-state index >= 15 is 0 Å². The molecule has 1 aliphatic carbocycles. The van der Waals surface area contributed by atoms with Crippen LogP contribution in [-0.2, 0) is 14.3 Å². The first kappa shape index (κ1) is 21.3. The van der Waals surface area contributed by atoms with E-state index in [1.807, 2.05) is 0 Å². The smallest absolute Gasteiger partial charge is 0.414 e. The summed E-state index contributed by atoms with van der Waals surface area (Å²) in [7, 11) is 1.22. The number of ether oxygens (including phenoxy) is 2. The fourth-order valence-corrected chi connectivity index (χ4v) is 3.00. The lowest BCUT2D eigenvalue weighted by molar-refractivity contribution is -0.116. The van der Waals surface area contributed by atoms with Gasteiger partial charge in [0.25, 0.3) is 0 Å². The number of carbonyl (C=O) groups is 3. The van der Waals surface area contributed by atoms with Gasteiger partial charge in [0, 0.05) is 18.0 Å². The summed E-state index contributed by atoms with van der Waals surface area (Å²) < 4.78 is 9.99. The number of benzene rings is 1. The van der Waals surface area contributed by atoms with Crippen LogP contribution in [0.4, 0.5) is 10.5 Å². The number of hydrogen-bond donors (Lipinski definition) is 0. The zero-order valence-corrected chi connectivity index (χ0v) is 16.9. The third-order valence-corrected chi connectivity index (χ3v) is 4.92. The number of ketones is 2. The van der Waals surface area contributed by atoms with Gasteiger partial charge in [0.15, 0.2) is 5.78 Å². The molecule has 1 aliphatic rings. The molecule has 0 aliphatic heterocycles. The molecule has 27 heavy (non-hydrogen) atoms. The highest BCUT2D eigenvalue weighted by molar-refractivity contribution is 6.45. The van der Waals surface area contributed by atoms with Gasteiger partial charge in [-0.3, -0.25) is 14.5 Å². The van der Waals surface area contributed by atoms with E-state index in [0.717, 1.165) is 12.8 Å². The first-order chi connectivity index (χ1) is 12.9. The van der Waals surface area contributed by atoms with Crippen LogP contribution in [0, 0.1) is 5.92 Å². The molecule has 0 N–H and O–H groups in total. The van der Waals surface area contributed by atoms with Gasteiger partial charge >= 0.3 is 6.09 Å². The summed E-state index contributed by atoms with van der Waals surface area (Å²) in [6.45, 7) is 3.95. The highest BCUT2D eigenvalue weighted by Gasteiger charge is 2.36. The maximum Gasteiger partial charge on any atom is 0.414 e. The molecule has 8 heteroatoms. The number of halogens is 2. The molecule has 0 radical (unpaired) electrons. The minimum atomic E-state index is -0.695. The largest absolute Gasteiger partial charge is 0.501 e. The highest BCUT2D eigenvalue weighted by Crippen LogP contribution is 2.39. The molecule has 0 unspecified atom stereocenters. The van der Waals surface area contributed by atoms with E-state index in [-0.39, 0.29) is 45.1 Å². The van der Waals surface area contributed by atoms with E-state index in [1.54, 1.807) is 13.8 Å². The molecule has 0 spiro atoms. The van der Waals surface area contributed by atoms with Crippen LogP contribution in [0.1, 0.15) is 37.0 Å². The highest BCUT2D eigenvalue weighted by atomic mass is 35.5. The van der Waals surface area contributed by atoms with Gasteiger partial charge < -0.3 is 9.47 Å². The van der Waals surface area contributed by atoms with Gasteiger partial charge in [0.1, 0.15) is 5.57 Å². The molecular formula is C19H21Cl2NO5. The molecule has 1 saturated carbocycles. The Morgan fingerprint density at radius 1 is 1.22 bits per heavy atom. The average molecular weight is 414 g/mol. The Kier molecular flexibility index (Phi) is 7.27. The molecule has 2 rings (SSSR count). The van der Waals surface area contributed by atoms with Crippen molar-refractivity contribution in [3.8, 4) is 0 Å². The van der Waals surface area contributed by atoms with Crippen molar-refractivity contribution < 1.29 is 23.9 Å². The van der Waals surface area contributed by atoms with E-state index in [9.17, 15) is 14.4 Å². The molecule has 1 amide bonds. The number of hydrogen-bond acceptors (Lipinski definition) is 5. The number of nitrogens with zero attached hydrogens (tertiary/aromatic N) is 1. The summed E-state index contributed by atoms with van der Waals surface area (Å²) in [4.78, 5) is 39.1. The lowest BCUT2D eigenvalue weighted by atomic mass is 9.97. The van der Waals surface area contributed by atoms with E-state index < -0.39 is 11.9 Å². The maximum absolute atomic E-state index is 13.2. The van der Waals surface area contributed by atoms with E-state index in [0.29, 0.717) is 6.61 Å². The van der Waals surface area contributed by atoms with Gasteiger partial charge in [0.2, 0.25) is 5.78 Å². The van der Waals surface area contributed by atoms with Crippen molar-refractivity contribution in [1.29, 1.82) is 0 Å². The predicted octanol–water partition coefficient (Wildman–Crippen LogP) is 4.67. The lowest BCUT2D eigenvalue weighted by Gasteiger charge is -2.24. The molecule has 0 saturated heterocycles. The van der Waals surface area contributed by atoms with Gasteiger partial charge in [-0.15, -0.1) is 0 Å². The van der Waals surface area contributed by atoms with Crippen LogP contribution < -0.4 is 4.90 Å². The Morgan fingerprint density at radius 2 is 1.89 bits per heavy atom. The average Bonchev–Trinajstić information content (AvgIpc) is 3.50. The van der Waals surface area contributed by atoms with Crippen LogP contribution in [0.25, 0.3) is 0 Å². The zero-order chi connectivity index (χ0) is 20.1. The van der Waals surface area contributed by atoms with Gasteiger partial charge in [-0.05, 0) is 38.8 Å². The van der Waals surface area contributed by atoms with Crippen molar-refractivity contribution in [1.82, 2.24) is 0 Å². The second-order valence-electron chi connectivity index (χ2n) is 5.93. The molecule has 1 fully saturated rings. The third kappa shape index (κ3) is 4.62. The van der Waals surface area contributed by atoms with Crippen LogP contribution >= 0.6 is 23.2 Å². The van der Waals surface area contributed by atoms with Crippen LogP contribution in [0.3, 0.4) is 0 Å². The quantitative estimate of drug-likeness (QED) is 0.203. The van der Waals surface area contributed by atoms with Crippen molar-refractivity contribution in [2.45, 2.75) is 26.7 Å². The topological polar surface area (TPSA) is 72.9 Å². The molecule has 146 valence electrons. The van der Waals surface area contributed by atoms with E-state index in [2.05, 4.69) is 0 Å². The summed E-state index contributed by atoms with van der Waals surface area (Å²) in [5.41, 5.74) is 0.117. The maximum atomic E-state index is 13.2. The first-order valence-corrected chi connectivity index (χ1v) is 9.37. The van der Waals surface area contributed by atoms with Gasteiger partial charge in [0.05, 0.1) is 35.7 Å². The number of methoxy groups -OCH3 is 1. The number of amides is 1. The predicted molar refractivity (Wildman–Crippen MR) is 104 cm³/mol. The summed E-state index contributed by atoms with van der Waals surface area (Å²) in [6.07, 6.45) is 1.98. The standard InChI is InChI=1S/C19H21Cl2NO5/c1-4-22(19(25)26-3)16-12(8-9-14(20)15(16)21)18(24)13(10-27-5-2)17(23)11-6-7-11/h8-11H,4-7H2,1-3H3. The van der Waals surface area contributed by atoms with Crippen molar-refractivity contribution in [3.63, 3.8) is 0 Å². The molecule has 6 nitrogen and oxygen atoms in total. The Bertz CT molecular complexity index is 787. The van der Waals surface area contributed by atoms with Crippen molar-refractivity contribution >= 4 is 46.5 Å². The number of rotatable bonds is 8. The second-order valence-corrected chi connectivity index (χ2v) is 6.71. The summed E-state index contributed by atoms with van der Waals surface area (Å²) in [5, 5.41) is 0.207. The minimum absolute atomic E-state index is 0.0318. The molecule has 0 aromatic heterocycles. The van der Waals surface area contributed by atoms with Crippen molar-refractivity contribution in [2.75, 3.05) is 25.2 Å². The third-order valence-electron chi connectivity index (χ3n) is 4.12. The van der Waals surface area contributed by atoms with E-state index in [4.69, 9.17) is 32.7 Å². The van der Waals surface area contributed by atoms with Crippen LogP contribution in [0.2, 0.25) is 10.0 Å². The number of Topliss-reactive ketones (excluding diaryl/α,β-unsaturated/α-hetero) is 2. The van der Waals surface area contributed by atoms with Crippen molar-refractivity contribution in [2.24, 2.45) is 5.92 Å². The number of anilines is 1. The Morgan fingerprint density at radius 3 is 2.41 bits per heavy atom. The monoisotopic (exact) mass is 413 g/mol. The number of allylic oxidation sites excluding steroid dienone is 1. The van der Waals surface area contributed by atoms with Gasteiger partial charge in [-0.1, -0.05) is 23.2 Å². The molecular weight excluding hydrogens is 393 g/mol. The van der Waals surface area contributed by atoms with Gasteiger partial charge in [-0.25, -0.2) is 4.79 Å². The molecule has 1 aromatic rings. The van der Waals surface area contributed by atoms with Crippen LogP contribution in [0.5, 0.6) is 0 Å². The second kappa shape index (κ2) is 9.24. The molecule has 0 bridgehead atoms. The van der Waals surface area contributed by atoms with Crippen molar-refractivity contribution in [3.05, 3.63) is 39.6 Å². The Hall–Kier alpha value is -2.05. The Balaban J connectivity index is 2.58. The van der Waals surface area contributed by atoms with Crippen LogP contribution in [0.15, 0.2) is 24.0 Å². The fraction of sp³-hybridized carbons (Fsp3) is 0.421. The Labute approximate surface area is 168 Å². The molecule has 1 aromatic carbocycles. The molecule has 0 heterocycles. The minimum Gasteiger partial charge on any atom is -0.501 e. The first-order valence-electron chi connectivity index (χ1n) is 8.61. The van der Waals surface area contributed by atoms with E-state index in [1.165, 1.54) is 30.4 Å². The summed E-state index contributed by atoms with van der Waals surface area (Å²) in [6, 6.07) is 2.89. The number of carbonyl (C=O) groups excluding carboxylic acids is 3. The normalized spacial score (nSPS) is 13.9. The van der Waals surface area contributed by atoms with Crippen LogP contribution in [-0.4, -0.2) is 37.9 Å². The molecule has 0 atom stereocenters. The lowest BCUT2D eigenvalue weighted by Crippen LogP contribution is -2.32. The van der Waals surface area contributed by atoms with Gasteiger partial charge in [-0.2, -0.15) is 0 Å². The summed E-state index contributed by atoms with van der Waals surface area (Å²) in [5.74, 6) is -1.02. The fourth-order valence-electron chi connectivity index (χ4n) is 2.58. The SMILES string of the molecule is CCOC=C(C(=O)c1ccc(Cl)c(Cl)c1N(CC)C(=O)OC)C(=O)C1CC1. The zero-order valence-electron chi connectivity index (χ0n) is 15.4.